The first-order valence-electron chi connectivity index (χ1n) is 12.4. The van der Waals surface area contributed by atoms with E-state index in [1.54, 1.807) is 13.0 Å². The van der Waals surface area contributed by atoms with Gasteiger partial charge in [0.05, 0.1) is 13.2 Å². The minimum Gasteiger partial charge on any atom is -0.492 e. The first kappa shape index (κ1) is 25.1. The number of aliphatic hydroxyl groups excluding tert-OH is 1. The lowest BCUT2D eigenvalue weighted by molar-refractivity contribution is 0.145. The summed E-state index contributed by atoms with van der Waals surface area (Å²) in [5, 5.41) is 9.83. The number of hydrogen-bond donors (Lipinski definition) is 1. The molecular weight excluding hydrogens is 450 g/mol. The number of ether oxygens (including phenoxy) is 1. The number of benzene rings is 1. The first-order chi connectivity index (χ1) is 16.4. The Hall–Kier alpha value is -2.00. The van der Waals surface area contributed by atoms with Crippen molar-refractivity contribution >= 4 is 21.8 Å². The molecule has 34 heavy (non-hydrogen) atoms. The third-order valence-corrected chi connectivity index (χ3v) is 8.98. The minimum atomic E-state index is -3.80. The van der Waals surface area contributed by atoms with Gasteiger partial charge in [0.25, 0.3) is 0 Å². The van der Waals surface area contributed by atoms with Crippen molar-refractivity contribution in [3.8, 4) is 5.75 Å². The molecule has 0 spiro atoms. The van der Waals surface area contributed by atoms with Crippen molar-refractivity contribution < 1.29 is 18.3 Å². The second-order valence-electron chi connectivity index (χ2n) is 9.75. The summed E-state index contributed by atoms with van der Waals surface area (Å²) in [6.07, 6.45) is 12.1. The maximum atomic E-state index is 13.6. The Morgan fingerprint density at radius 1 is 1.29 bits per heavy atom. The molecule has 1 aromatic rings. The Morgan fingerprint density at radius 2 is 2.15 bits per heavy atom. The molecular formula is C26H37N3O4S. The molecule has 8 heteroatoms. The lowest BCUT2D eigenvalue weighted by Gasteiger charge is -2.34. The monoisotopic (exact) mass is 487 g/mol. The molecule has 0 radical (unpaired) electrons. The van der Waals surface area contributed by atoms with Crippen LogP contribution < -0.4 is 4.74 Å². The molecule has 2 aliphatic heterocycles. The van der Waals surface area contributed by atoms with Crippen molar-refractivity contribution in [1.82, 2.24) is 9.21 Å². The molecule has 3 aliphatic rings. The third-order valence-electron chi connectivity index (χ3n) is 6.96. The Labute approximate surface area is 203 Å². The fourth-order valence-corrected chi connectivity index (χ4v) is 6.70. The molecule has 4 rings (SSSR count). The van der Waals surface area contributed by atoms with Crippen LogP contribution in [0.5, 0.6) is 5.75 Å². The SMILES string of the molecule is CC(CO)N1CC(CCN(C)CC2=CN=CCC2)COc2cc(C3=CCCC3)ccc2S1(=O)=O. The summed E-state index contributed by atoms with van der Waals surface area (Å²) in [5.41, 5.74) is 3.61. The van der Waals surface area contributed by atoms with Crippen LogP contribution >= 0.6 is 0 Å². The van der Waals surface area contributed by atoms with Gasteiger partial charge < -0.3 is 14.7 Å². The Kier molecular flexibility index (Phi) is 8.24. The summed E-state index contributed by atoms with van der Waals surface area (Å²) < 4.78 is 34.9. The molecule has 2 heterocycles. The average Bonchev–Trinajstić information content (AvgIpc) is 3.37. The molecule has 1 aliphatic carbocycles. The molecule has 2 unspecified atom stereocenters. The smallest absolute Gasteiger partial charge is 0.247 e. The van der Waals surface area contributed by atoms with E-state index in [1.807, 2.05) is 24.5 Å². The summed E-state index contributed by atoms with van der Waals surface area (Å²) in [4.78, 5) is 6.71. The maximum Gasteiger partial charge on any atom is 0.247 e. The van der Waals surface area contributed by atoms with Gasteiger partial charge in [-0.25, -0.2) is 8.42 Å². The van der Waals surface area contributed by atoms with Crippen molar-refractivity contribution in [3.05, 3.63) is 41.6 Å². The molecule has 0 saturated carbocycles. The second-order valence-corrected chi connectivity index (χ2v) is 11.6. The van der Waals surface area contributed by atoms with E-state index in [-0.39, 0.29) is 17.4 Å². The normalized spacial score (nSPS) is 23.5. The largest absolute Gasteiger partial charge is 0.492 e. The molecule has 2 atom stereocenters. The van der Waals surface area contributed by atoms with E-state index in [9.17, 15) is 13.5 Å². The summed E-state index contributed by atoms with van der Waals surface area (Å²) in [7, 11) is -1.71. The number of hydrogen-bond acceptors (Lipinski definition) is 6. The number of allylic oxidation sites excluding steroid dienone is 2. The lowest BCUT2D eigenvalue weighted by Crippen LogP contribution is -2.46. The van der Waals surface area contributed by atoms with Gasteiger partial charge in [0.1, 0.15) is 10.6 Å². The number of rotatable bonds is 8. The van der Waals surface area contributed by atoms with Crippen molar-refractivity contribution in [3.63, 3.8) is 0 Å². The van der Waals surface area contributed by atoms with E-state index < -0.39 is 16.1 Å². The van der Waals surface area contributed by atoms with E-state index in [1.165, 1.54) is 15.5 Å². The molecule has 0 bridgehead atoms. The minimum absolute atomic E-state index is 0.0204. The van der Waals surface area contributed by atoms with E-state index in [4.69, 9.17) is 4.74 Å². The predicted molar refractivity (Wildman–Crippen MR) is 136 cm³/mol. The van der Waals surface area contributed by atoms with Gasteiger partial charge >= 0.3 is 0 Å². The summed E-state index contributed by atoms with van der Waals surface area (Å²) >= 11 is 0. The Balaban J connectivity index is 1.53. The number of aliphatic hydroxyl groups is 1. The molecule has 1 N–H and O–H groups in total. The van der Waals surface area contributed by atoms with Crippen LogP contribution in [0.2, 0.25) is 0 Å². The molecule has 1 aromatic carbocycles. The van der Waals surface area contributed by atoms with Gasteiger partial charge in [0.2, 0.25) is 10.0 Å². The van der Waals surface area contributed by atoms with Gasteiger partial charge in [-0.1, -0.05) is 12.1 Å². The van der Waals surface area contributed by atoms with Crippen molar-refractivity contribution in [2.45, 2.75) is 56.4 Å². The number of likely N-dealkylation sites (N-methyl/N-ethyl adjacent to an activating group) is 1. The van der Waals surface area contributed by atoms with Crippen molar-refractivity contribution in [1.29, 1.82) is 0 Å². The predicted octanol–water partition coefficient (Wildman–Crippen LogP) is 3.70. The van der Waals surface area contributed by atoms with E-state index in [2.05, 4.69) is 23.0 Å². The van der Waals surface area contributed by atoms with Crippen molar-refractivity contribution in [2.24, 2.45) is 10.9 Å². The average molecular weight is 488 g/mol. The van der Waals surface area contributed by atoms with Gasteiger partial charge in [-0.3, -0.25) is 4.99 Å². The van der Waals surface area contributed by atoms with Crippen LogP contribution in [0.3, 0.4) is 0 Å². The highest BCUT2D eigenvalue weighted by Gasteiger charge is 2.35. The number of nitrogens with zero attached hydrogens (tertiary/aromatic N) is 3. The number of fused-ring (bicyclic) bond motifs is 1. The van der Waals surface area contributed by atoms with Crippen molar-refractivity contribution in [2.75, 3.05) is 39.9 Å². The number of aliphatic imine (C=N–C) groups is 1. The van der Waals surface area contributed by atoms with E-state index >= 15 is 0 Å². The third kappa shape index (κ3) is 5.79. The van der Waals surface area contributed by atoms with Gasteiger partial charge in [-0.05, 0) is 87.9 Å². The summed E-state index contributed by atoms with van der Waals surface area (Å²) in [6, 6.07) is 4.94. The quantitative estimate of drug-likeness (QED) is 0.605. The maximum absolute atomic E-state index is 13.6. The van der Waals surface area contributed by atoms with Crippen LogP contribution in [-0.2, 0) is 10.0 Å². The zero-order chi connectivity index (χ0) is 24.1. The first-order valence-corrected chi connectivity index (χ1v) is 13.8. The zero-order valence-corrected chi connectivity index (χ0v) is 21.1. The highest BCUT2D eigenvalue weighted by Crippen LogP contribution is 2.36. The fourth-order valence-electron chi connectivity index (χ4n) is 4.88. The van der Waals surface area contributed by atoms with E-state index in [0.717, 1.165) is 57.2 Å². The van der Waals surface area contributed by atoms with Gasteiger partial charge in [-0.2, -0.15) is 4.31 Å². The van der Waals surface area contributed by atoms with Crippen LogP contribution in [0.4, 0.5) is 0 Å². The molecule has 0 amide bonds. The van der Waals surface area contributed by atoms with Crippen LogP contribution in [0, 0.1) is 5.92 Å². The lowest BCUT2D eigenvalue weighted by atomic mass is 10.0. The molecule has 186 valence electrons. The topological polar surface area (TPSA) is 82.4 Å². The van der Waals surface area contributed by atoms with Crippen LogP contribution in [0.1, 0.15) is 51.0 Å². The highest BCUT2D eigenvalue weighted by molar-refractivity contribution is 7.89. The van der Waals surface area contributed by atoms with Crippen LogP contribution in [0.15, 0.2) is 45.9 Å². The highest BCUT2D eigenvalue weighted by atomic mass is 32.2. The second kappa shape index (κ2) is 11.2. The number of sulfonamides is 1. The standard InChI is InChI=1S/C26H37N3O4S/c1-20(18-30)29-17-22(11-13-28(2)16-21-6-5-12-27-15-21)19-33-25-14-24(23-7-3-4-8-23)9-10-26(25)34(29,31)32/h7,9-10,12,14-15,20,22,30H,3-6,8,11,13,16-19H2,1-2H3. The van der Waals surface area contributed by atoms with Crippen LogP contribution in [-0.4, -0.2) is 74.9 Å². The molecule has 0 saturated heterocycles. The Morgan fingerprint density at radius 3 is 2.85 bits per heavy atom. The van der Waals surface area contributed by atoms with Gasteiger partial charge in [0, 0.05) is 37.5 Å². The molecule has 0 aromatic heterocycles. The van der Waals surface area contributed by atoms with Gasteiger partial charge in [0.15, 0.2) is 0 Å². The summed E-state index contributed by atoms with van der Waals surface area (Å²) in [6.45, 7) is 4.01. The fraction of sp³-hybridized carbons (Fsp3) is 0.577. The Bertz CT molecular complexity index is 1060. The van der Waals surface area contributed by atoms with Crippen LogP contribution in [0.25, 0.3) is 5.57 Å². The van der Waals surface area contributed by atoms with Gasteiger partial charge in [-0.15, -0.1) is 0 Å². The molecule has 7 nitrogen and oxygen atoms in total. The van der Waals surface area contributed by atoms with E-state index in [0.29, 0.717) is 18.9 Å². The zero-order valence-electron chi connectivity index (χ0n) is 20.3. The molecule has 0 fully saturated rings. The summed E-state index contributed by atoms with van der Waals surface area (Å²) in [5.74, 6) is 0.441.